The van der Waals surface area contributed by atoms with Crippen LogP contribution in [0.5, 0.6) is 0 Å². The van der Waals surface area contributed by atoms with Crippen molar-refractivity contribution in [2.75, 3.05) is 0 Å². The quantitative estimate of drug-likeness (QED) is 0.555. The van der Waals surface area contributed by atoms with E-state index in [1.165, 1.54) is 6.92 Å². The highest BCUT2D eigenvalue weighted by atomic mass is 16.7. The molecule has 116 valence electrons. The van der Waals surface area contributed by atoms with Crippen LogP contribution in [0, 0.1) is 0 Å². The van der Waals surface area contributed by atoms with Gasteiger partial charge in [0.15, 0.2) is 0 Å². The Labute approximate surface area is 123 Å². The third-order valence-corrected chi connectivity index (χ3v) is 3.01. The van der Waals surface area contributed by atoms with E-state index in [0.717, 1.165) is 6.42 Å². The summed E-state index contributed by atoms with van der Waals surface area (Å²) in [5.74, 6) is -2.38. The maximum Gasteiger partial charge on any atom is 0.355 e. The number of nitrogens with one attached hydrogen (secondary N) is 1. The molecule has 1 saturated heterocycles. The molecule has 1 atom stereocenters. The van der Waals surface area contributed by atoms with Gasteiger partial charge in [-0.25, -0.2) is 4.79 Å². The lowest BCUT2D eigenvalue weighted by Gasteiger charge is -2.20. The van der Waals surface area contributed by atoms with Gasteiger partial charge in [-0.1, -0.05) is 26.3 Å². The summed E-state index contributed by atoms with van der Waals surface area (Å²) in [5.41, 5.74) is 0.262. The first-order chi connectivity index (χ1) is 9.86. The van der Waals surface area contributed by atoms with E-state index >= 15 is 0 Å². The number of amides is 3. The van der Waals surface area contributed by atoms with Crippen molar-refractivity contribution in [3.05, 3.63) is 12.2 Å². The Morgan fingerprint density at radius 2 is 1.90 bits per heavy atom. The molecule has 0 aliphatic carbocycles. The number of hydrogen-bond acceptors (Lipinski definition) is 5. The number of nitrogens with zero attached hydrogens (tertiary/aromatic N) is 1. The van der Waals surface area contributed by atoms with Crippen molar-refractivity contribution in [2.45, 2.75) is 52.0 Å². The number of unbranched alkanes of at least 4 members (excludes halogenated alkanes) is 1. The Bertz CT molecular complexity index is 456. The van der Waals surface area contributed by atoms with Crippen LogP contribution in [0.2, 0.25) is 0 Å². The fraction of sp³-hybridized carbons (Fsp3) is 0.571. The fourth-order valence-corrected chi connectivity index (χ4v) is 1.75. The summed E-state index contributed by atoms with van der Waals surface area (Å²) in [4.78, 5) is 51.3. The van der Waals surface area contributed by atoms with Crippen molar-refractivity contribution in [2.24, 2.45) is 0 Å². The lowest BCUT2D eigenvalue weighted by Crippen LogP contribution is -2.45. The Balaban J connectivity index is 2.70. The summed E-state index contributed by atoms with van der Waals surface area (Å²) in [6, 6.07) is -0.907. The van der Waals surface area contributed by atoms with E-state index in [1.54, 1.807) is 0 Å². The zero-order chi connectivity index (χ0) is 16.0. The lowest BCUT2D eigenvalue weighted by atomic mass is 10.1. The van der Waals surface area contributed by atoms with Crippen LogP contribution in [0.4, 0.5) is 0 Å². The summed E-state index contributed by atoms with van der Waals surface area (Å²) in [6.07, 6.45) is 1.95. The minimum Gasteiger partial charge on any atom is -0.339 e. The maximum atomic E-state index is 12.0. The monoisotopic (exact) mass is 296 g/mol. The molecule has 0 aromatic heterocycles. The molecule has 7 nitrogen and oxygen atoms in total. The molecule has 21 heavy (non-hydrogen) atoms. The summed E-state index contributed by atoms with van der Waals surface area (Å²) in [7, 11) is 0. The SMILES string of the molecule is C=C(C)C(=O)NC(CCCC)C(=O)ON1C(=O)CCC1=O. The van der Waals surface area contributed by atoms with Gasteiger partial charge in [-0.3, -0.25) is 14.4 Å². The van der Waals surface area contributed by atoms with Crippen LogP contribution >= 0.6 is 0 Å². The predicted octanol–water partition coefficient (Wildman–Crippen LogP) is 0.845. The van der Waals surface area contributed by atoms with Crippen molar-refractivity contribution < 1.29 is 24.0 Å². The van der Waals surface area contributed by atoms with Crippen LogP contribution in [-0.4, -0.2) is 34.8 Å². The van der Waals surface area contributed by atoms with Gasteiger partial charge in [0.1, 0.15) is 6.04 Å². The maximum absolute atomic E-state index is 12.0. The number of rotatable bonds is 7. The first-order valence-corrected chi connectivity index (χ1v) is 6.90. The zero-order valence-corrected chi connectivity index (χ0v) is 12.3. The van der Waals surface area contributed by atoms with E-state index in [1.807, 2.05) is 6.92 Å². The van der Waals surface area contributed by atoms with Gasteiger partial charge in [0.2, 0.25) is 5.91 Å². The average Bonchev–Trinajstić information content (AvgIpc) is 2.74. The van der Waals surface area contributed by atoms with Gasteiger partial charge in [0.25, 0.3) is 11.8 Å². The Morgan fingerprint density at radius 3 is 2.38 bits per heavy atom. The summed E-state index contributed by atoms with van der Waals surface area (Å²) in [6.45, 7) is 6.95. The molecule has 1 fully saturated rings. The Kier molecular flexibility index (Phi) is 6.08. The van der Waals surface area contributed by atoms with Gasteiger partial charge in [-0.15, -0.1) is 5.06 Å². The van der Waals surface area contributed by atoms with Crippen molar-refractivity contribution in [3.8, 4) is 0 Å². The molecule has 0 spiro atoms. The third-order valence-electron chi connectivity index (χ3n) is 3.01. The standard InChI is InChI=1S/C14H20N2O5/c1-4-5-6-10(15-13(19)9(2)3)14(20)21-16-11(17)7-8-12(16)18/h10H,2,4-8H2,1,3H3,(H,15,19). The van der Waals surface area contributed by atoms with Gasteiger partial charge in [-0.2, -0.15) is 0 Å². The van der Waals surface area contributed by atoms with Crippen LogP contribution in [-0.2, 0) is 24.0 Å². The normalized spacial score (nSPS) is 15.8. The second-order valence-corrected chi connectivity index (χ2v) is 4.94. The minimum absolute atomic E-state index is 0.0316. The largest absolute Gasteiger partial charge is 0.355 e. The molecule has 1 unspecified atom stereocenters. The topological polar surface area (TPSA) is 92.8 Å². The van der Waals surface area contributed by atoms with Crippen molar-refractivity contribution in [1.82, 2.24) is 10.4 Å². The summed E-state index contributed by atoms with van der Waals surface area (Å²) in [5, 5.41) is 2.97. The summed E-state index contributed by atoms with van der Waals surface area (Å²) < 4.78 is 0. The van der Waals surface area contributed by atoms with Crippen LogP contribution in [0.25, 0.3) is 0 Å². The third kappa shape index (κ3) is 4.70. The Morgan fingerprint density at radius 1 is 1.33 bits per heavy atom. The van der Waals surface area contributed by atoms with Gasteiger partial charge in [-0.05, 0) is 13.3 Å². The molecule has 0 bridgehead atoms. The highest BCUT2D eigenvalue weighted by Crippen LogP contribution is 2.14. The molecule has 0 aromatic carbocycles. The van der Waals surface area contributed by atoms with Crippen molar-refractivity contribution in [1.29, 1.82) is 0 Å². The van der Waals surface area contributed by atoms with E-state index < -0.39 is 29.7 Å². The summed E-state index contributed by atoms with van der Waals surface area (Å²) >= 11 is 0. The first-order valence-electron chi connectivity index (χ1n) is 6.90. The van der Waals surface area contributed by atoms with E-state index in [9.17, 15) is 19.2 Å². The molecule has 1 aliphatic rings. The second-order valence-electron chi connectivity index (χ2n) is 4.94. The molecule has 1 rings (SSSR count). The van der Waals surface area contributed by atoms with Gasteiger partial charge < -0.3 is 10.2 Å². The van der Waals surface area contributed by atoms with Crippen LogP contribution in [0.15, 0.2) is 12.2 Å². The number of carbonyl (C=O) groups is 4. The smallest absolute Gasteiger partial charge is 0.339 e. The predicted molar refractivity (Wildman–Crippen MR) is 73.4 cm³/mol. The number of imide groups is 1. The number of hydroxylamine groups is 2. The molecular formula is C14H20N2O5. The van der Waals surface area contributed by atoms with E-state index in [2.05, 4.69) is 11.9 Å². The number of carbonyl (C=O) groups excluding carboxylic acids is 4. The number of hydrogen-bond donors (Lipinski definition) is 1. The second kappa shape index (κ2) is 7.56. The van der Waals surface area contributed by atoms with Gasteiger partial charge in [0, 0.05) is 18.4 Å². The van der Waals surface area contributed by atoms with E-state index in [0.29, 0.717) is 17.9 Å². The van der Waals surface area contributed by atoms with Crippen molar-refractivity contribution >= 4 is 23.7 Å². The van der Waals surface area contributed by atoms with E-state index in [4.69, 9.17) is 4.84 Å². The molecule has 1 heterocycles. The average molecular weight is 296 g/mol. The molecule has 0 saturated carbocycles. The molecule has 1 aliphatic heterocycles. The molecule has 7 heteroatoms. The van der Waals surface area contributed by atoms with E-state index in [-0.39, 0.29) is 18.4 Å². The molecule has 0 radical (unpaired) electrons. The molecule has 0 aromatic rings. The van der Waals surface area contributed by atoms with Gasteiger partial charge >= 0.3 is 5.97 Å². The Hall–Kier alpha value is -2.18. The van der Waals surface area contributed by atoms with Crippen LogP contribution in [0.1, 0.15) is 46.0 Å². The molecular weight excluding hydrogens is 276 g/mol. The zero-order valence-electron chi connectivity index (χ0n) is 12.3. The lowest BCUT2D eigenvalue weighted by molar-refractivity contribution is -0.199. The van der Waals surface area contributed by atoms with Crippen LogP contribution in [0.3, 0.4) is 0 Å². The molecule has 1 N–H and O–H groups in total. The van der Waals surface area contributed by atoms with Crippen molar-refractivity contribution in [3.63, 3.8) is 0 Å². The van der Waals surface area contributed by atoms with Gasteiger partial charge in [0.05, 0.1) is 0 Å². The molecule has 3 amide bonds. The van der Waals surface area contributed by atoms with Crippen LogP contribution < -0.4 is 5.32 Å². The first kappa shape index (κ1) is 16.9. The highest BCUT2D eigenvalue weighted by Gasteiger charge is 2.35. The fourth-order valence-electron chi connectivity index (χ4n) is 1.75. The highest BCUT2D eigenvalue weighted by molar-refractivity contribution is 6.02. The minimum atomic E-state index is -0.907.